The molecule has 3 atom stereocenters. The van der Waals surface area contributed by atoms with Crippen LogP contribution in [0.5, 0.6) is 0 Å². The van der Waals surface area contributed by atoms with Gasteiger partial charge in [0.05, 0.1) is 6.10 Å². The quantitative estimate of drug-likeness (QED) is 0.741. The van der Waals surface area contributed by atoms with Crippen molar-refractivity contribution in [1.29, 1.82) is 0 Å². The summed E-state index contributed by atoms with van der Waals surface area (Å²) in [4.78, 5) is 2.40. The first kappa shape index (κ1) is 10.4. The predicted molar refractivity (Wildman–Crippen MR) is 54.9 cm³/mol. The standard InChI is InChI=1S/C11H21NO2/c1-8-5-10(6-11(13)14-8)12(2)7-9-3-4-9/h8-11,13H,3-7H2,1-2H3/t8-,10+,11-/m1/s1. The molecule has 1 saturated carbocycles. The van der Waals surface area contributed by atoms with Crippen LogP contribution in [-0.2, 0) is 4.74 Å². The molecule has 0 aromatic rings. The molecule has 1 aliphatic heterocycles. The zero-order valence-electron chi connectivity index (χ0n) is 9.15. The normalized spacial score (nSPS) is 39.0. The highest BCUT2D eigenvalue weighted by atomic mass is 16.6. The van der Waals surface area contributed by atoms with Crippen molar-refractivity contribution < 1.29 is 9.84 Å². The molecule has 2 aliphatic rings. The van der Waals surface area contributed by atoms with Gasteiger partial charge in [0.1, 0.15) is 0 Å². The fourth-order valence-corrected chi connectivity index (χ4v) is 2.31. The van der Waals surface area contributed by atoms with E-state index in [4.69, 9.17) is 4.74 Å². The summed E-state index contributed by atoms with van der Waals surface area (Å²) >= 11 is 0. The van der Waals surface area contributed by atoms with Crippen LogP contribution < -0.4 is 0 Å². The van der Waals surface area contributed by atoms with Crippen LogP contribution in [0.25, 0.3) is 0 Å². The molecule has 1 saturated heterocycles. The smallest absolute Gasteiger partial charge is 0.156 e. The number of hydrogen-bond donors (Lipinski definition) is 1. The van der Waals surface area contributed by atoms with E-state index >= 15 is 0 Å². The van der Waals surface area contributed by atoms with Gasteiger partial charge in [-0.25, -0.2) is 0 Å². The number of ether oxygens (including phenoxy) is 1. The molecule has 3 nitrogen and oxygen atoms in total. The van der Waals surface area contributed by atoms with E-state index in [1.54, 1.807) is 0 Å². The Hall–Kier alpha value is -0.120. The minimum absolute atomic E-state index is 0.199. The van der Waals surface area contributed by atoms with Gasteiger partial charge < -0.3 is 14.7 Å². The third-order valence-electron chi connectivity index (χ3n) is 3.33. The summed E-state index contributed by atoms with van der Waals surface area (Å²) in [7, 11) is 2.17. The van der Waals surface area contributed by atoms with E-state index in [9.17, 15) is 5.11 Å². The lowest BCUT2D eigenvalue weighted by Crippen LogP contribution is -2.43. The molecule has 1 heterocycles. The molecule has 0 aromatic heterocycles. The van der Waals surface area contributed by atoms with Crippen molar-refractivity contribution in [3.8, 4) is 0 Å². The van der Waals surface area contributed by atoms with Crippen LogP contribution in [0.2, 0.25) is 0 Å². The molecule has 2 rings (SSSR count). The Morgan fingerprint density at radius 1 is 1.36 bits per heavy atom. The highest BCUT2D eigenvalue weighted by Crippen LogP contribution is 2.31. The maximum absolute atomic E-state index is 9.50. The van der Waals surface area contributed by atoms with Gasteiger partial charge in [-0.2, -0.15) is 0 Å². The average Bonchev–Trinajstić information content (AvgIpc) is 2.86. The van der Waals surface area contributed by atoms with Gasteiger partial charge in [-0.1, -0.05) is 0 Å². The number of hydrogen-bond acceptors (Lipinski definition) is 3. The van der Waals surface area contributed by atoms with Crippen molar-refractivity contribution in [2.24, 2.45) is 5.92 Å². The lowest BCUT2D eigenvalue weighted by molar-refractivity contribution is -0.173. The summed E-state index contributed by atoms with van der Waals surface area (Å²) < 4.78 is 5.32. The Morgan fingerprint density at radius 2 is 2.07 bits per heavy atom. The molecule has 82 valence electrons. The van der Waals surface area contributed by atoms with E-state index in [2.05, 4.69) is 11.9 Å². The molecular formula is C11H21NO2. The Bertz CT molecular complexity index is 184. The molecule has 1 aliphatic carbocycles. The van der Waals surface area contributed by atoms with Crippen molar-refractivity contribution in [2.75, 3.05) is 13.6 Å². The van der Waals surface area contributed by atoms with Crippen molar-refractivity contribution in [2.45, 2.75) is 51.0 Å². The fraction of sp³-hybridized carbons (Fsp3) is 1.00. The summed E-state index contributed by atoms with van der Waals surface area (Å²) in [6.07, 6.45) is 4.27. The molecule has 1 N–H and O–H groups in total. The third-order valence-corrected chi connectivity index (χ3v) is 3.33. The topological polar surface area (TPSA) is 32.7 Å². The Labute approximate surface area is 86.0 Å². The van der Waals surface area contributed by atoms with Gasteiger partial charge >= 0.3 is 0 Å². The van der Waals surface area contributed by atoms with E-state index in [0.717, 1.165) is 18.8 Å². The highest BCUT2D eigenvalue weighted by Gasteiger charge is 2.31. The summed E-state index contributed by atoms with van der Waals surface area (Å²) in [5.74, 6) is 0.926. The van der Waals surface area contributed by atoms with Crippen LogP contribution in [0.4, 0.5) is 0 Å². The maximum Gasteiger partial charge on any atom is 0.156 e. The zero-order chi connectivity index (χ0) is 10.1. The second-order valence-electron chi connectivity index (χ2n) is 4.91. The lowest BCUT2D eigenvalue weighted by atomic mass is 10.0. The van der Waals surface area contributed by atoms with Gasteiger partial charge in [-0.15, -0.1) is 0 Å². The minimum Gasteiger partial charge on any atom is -0.368 e. The molecule has 0 amide bonds. The summed E-state index contributed by atoms with van der Waals surface area (Å²) in [6, 6.07) is 0.509. The van der Waals surface area contributed by atoms with Gasteiger partial charge in [0.15, 0.2) is 6.29 Å². The molecule has 0 unspecified atom stereocenters. The number of nitrogens with zero attached hydrogens (tertiary/aromatic N) is 1. The molecular weight excluding hydrogens is 178 g/mol. The average molecular weight is 199 g/mol. The molecule has 0 radical (unpaired) electrons. The Balaban J connectivity index is 1.81. The third kappa shape index (κ3) is 2.69. The van der Waals surface area contributed by atoms with Crippen LogP contribution >= 0.6 is 0 Å². The molecule has 0 aromatic carbocycles. The number of rotatable bonds is 3. The van der Waals surface area contributed by atoms with Crippen LogP contribution in [-0.4, -0.2) is 42.0 Å². The van der Waals surface area contributed by atoms with Gasteiger partial charge in [0.2, 0.25) is 0 Å². The van der Waals surface area contributed by atoms with E-state index in [1.807, 2.05) is 6.92 Å². The van der Waals surface area contributed by atoms with E-state index in [1.165, 1.54) is 19.4 Å². The first-order valence-electron chi connectivity index (χ1n) is 5.69. The van der Waals surface area contributed by atoms with E-state index < -0.39 is 6.29 Å². The van der Waals surface area contributed by atoms with Crippen LogP contribution in [0.3, 0.4) is 0 Å². The lowest BCUT2D eigenvalue weighted by Gasteiger charge is -2.36. The molecule has 0 bridgehead atoms. The monoisotopic (exact) mass is 199 g/mol. The first-order valence-corrected chi connectivity index (χ1v) is 5.69. The molecule has 3 heteroatoms. The summed E-state index contributed by atoms with van der Waals surface area (Å²) in [5, 5.41) is 9.50. The largest absolute Gasteiger partial charge is 0.368 e. The second kappa shape index (κ2) is 4.17. The predicted octanol–water partition coefficient (Wildman–Crippen LogP) is 1.21. The Kier molecular flexibility index (Phi) is 3.10. The zero-order valence-corrected chi connectivity index (χ0v) is 9.15. The van der Waals surface area contributed by atoms with Gasteiger partial charge in [0.25, 0.3) is 0 Å². The Morgan fingerprint density at radius 3 is 2.64 bits per heavy atom. The summed E-state index contributed by atoms with van der Waals surface area (Å²) in [5.41, 5.74) is 0. The number of aliphatic hydroxyl groups excluding tert-OH is 1. The molecule has 0 spiro atoms. The summed E-state index contributed by atoms with van der Waals surface area (Å²) in [6.45, 7) is 3.24. The van der Waals surface area contributed by atoms with Crippen molar-refractivity contribution in [3.05, 3.63) is 0 Å². The minimum atomic E-state index is -0.551. The maximum atomic E-state index is 9.50. The van der Waals surface area contributed by atoms with E-state index in [0.29, 0.717) is 6.04 Å². The van der Waals surface area contributed by atoms with Gasteiger partial charge in [-0.05, 0) is 39.2 Å². The second-order valence-corrected chi connectivity index (χ2v) is 4.91. The SMILES string of the molecule is C[C@@H]1C[C@H](N(C)CC2CC2)C[C@H](O)O1. The highest BCUT2D eigenvalue weighted by molar-refractivity contribution is 4.82. The van der Waals surface area contributed by atoms with E-state index in [-0.39, 0.29) is 6.10 Å². The molecule has 14 heavy (non-hydrogen) atoms. The fourth-order valence-electron chi connectivity index (χ4n) is 2.31. The van der Waals surface area contributed by atoms with Crippen LogP contribution in [0, 0.1) is 5.92 Å². The van der Waals surface area contributed by atoms with Gasteiger partial charge in [0, 0.05) is 19.0 Å². The first-order chi connectivity index (χ1) is 6.65. The number of aliphatic hydroxyl groups is 1. The van der Waals surface area contributed by atoms with Crippen molar-refractivity contribution in [1.82, 2.24) is 4.90 Å². The van der Waals surface area contributed by atoms with Crippen LogP contribution in [0.1, 0.15) is 32.6 Å². The van der Waals surface area contributed by atoms with Gasteiger partial charge in [-0.3, -0.25) is 0 Å². The van der Waals surface area contributed by atoms with Crippen molar-refractivity contribution >= 4 is 0 Å². The van der Waals surface area contributed by atoms with Crippen LogP contribution in [0.15, 0.2) is 0 Å². The van der Waals surface area contributed by atoms with Crippen molar-refractivity contribution in [3.63, 3.8) is 0 Å². The molecule has 2 fully saturated rings.